The van der Waals surface area contributed by atoms with E-state index in [2.05, 4.69) is 10.6 Å². The highest BCUT2D eigenvalue weighted by molar-refractivity contribution is 5.68. The Kier molecular flexibility index (Phi) is 6.88. The standard InChI is InChI=1S/C18H30N2O6/c1-11(2)19-16(21)25-12-6-7-13(26-17(22)20-18(3,4)5)9-15-14(8-12)23-10-24-15/h6-7,11-15H,8-10H2,1-5H3,(H,19,21)(H,20,22)/b7-6+. The third kappa shape index (κ3) is 6.84. The predicted molar refractivity (Wildman–Crippen MR) is 94.7 cm³/mol. The highest BCUT2D eigenvalue weighted by atomic mass is 16.7. The van der Waals surface area contributed by atoms with E-state index in [9.17, 15) is 9.59 Å². The zero-order valence-electron chi connectivity index (χ0n) is 16.1. The average molecular weight is 370 g/mol. The molecule has 4 atom stereocenters. The van der Waals surface area contributed by atoms with Crippen molar-refractivity contribution in [2.45, 2.75) is 83.5 Å². The van der Waals surface area contributed by atoms with Crippen LogP contribution in [0, 0.1) is 0 Å². The molecule has 0 saturated carbocycles. The van der Waals surface area contributed by atoms with Crippen molar-refractivity contribution in [1.82, 2.24) is 10.6 Å². The van der Waals surface area contributed by atoms with Gasteiger partial charge in [0.1, 0.15) is 19.0 Å². The fraction of sp³-hybridized carbons (Fsp3) is 0.778. The second kappa shape index (κ2) is 8.73. The van der Waals surface area contributed by atoms with E-state index in [4.69, 9.17) is 18.9 Å². The molecule has 8 heteroatoms. The van der Waals surface area contributed by atoms with Crippen LogP contribution >= 0.6 is 0 Å². The number of hydrogen-bond donors (Lipinski definition) is 2. The Bertz CT molecular complexity index is 528. The zero-order chi connectivity index (χ0) is 19.3. The molecule has 26 heavy (non-hydrogen) atoms. The molecule has 0 radical (unpaired) electrons. The first-order valence-electron chi connectivity index (χ1n) is 9.00. The SMILES string of the molecule is CC(C)NC(=O)OC1/C=C/C(OC(=O)NC(C)(C)C)CC2OCOC2C1. The monoisotopic (exact) mass is 370 g/mol. The summed E-state index contributed by atoms with van der Waals surface area (Å²) < 4.78 is 22.1. The average Bonchev–Trinajstić information content (AvgIpc) is 2.85. The van der Waals surface area contributed by atoms with Crippen LogP contribution in [0.2, 0.25) is 0 Å². The summed E-state index contributed by atoms with van der Waals surface area (Å²) in [7, 11) is 0. The highest BCUT2D eigenvalue weighted by Gasteiger charge is 2.36. The fourth-order valence-corrected chi connectivity index (χ4v) is 2.79. The predicted octanol–water partition coefficient (Wildman–Crippen LogP) is 2.47. The summed E-state index contributed by atoms with van der Waals surface area (Å²) in [5, 5.41) is 5.46. The maximum Gasteiger partial charge on any atom is 0.408 e. The number of amides is 2. The van der Waals surface area contributed by atoms with Crippen LogP contribution in [0.15, 0.2) is 12.2 Å². The molecule has 1 heterocycles. The Morgan fingerprint density at radius 2 is 1.50 bits per heavy atom. The Morgan fingerprint density at radius 3 is 1.96 bits per heavy atom. The van der Waals surface area contributed by atoms with Crippen molar-refractivity contribution >= 4 is 12.2 Å². The van der Waals surface area contributed by atoms with Gasteiger partial charge in [-0.1, -0.05) is 0 Å². The first-order chi connectivity index (χ1) is 12.1. The molecule has 0 bridgehead atoms. The Hall–Kier alpha value is -1.80. The van der Waals surface area contributed by atoms with Gasteiger partial charge in [-0.05, 0) is 46.8 Å². The highest BCUT2D eigenvalue weighted by Crippen LogP contribution is 2.27. The van der Waals surface area contributed by atoms with Crippen LogP contribution in [-0.4, -0.2) is 55.0 Å². The normalized spacial score (nSPS) is 29.9. The molecule has 0 aromatic rings. The topological polar surface area (TPSA) is 95.1 Å². The first kappa shape index (κ1) is 20.5. The molecule has 2 aliphatic rings. The number of ether oxygens (including phenoxy) is 4. The first-order valence-corrected chi connectivity index (χ1v) is 9.00. The van der Waals surface area contributed by atoms with E-state index in [1.165, 1.54) is 0 Å². The third-order valence-corrected chi connectivity index (χ3v) is 3.85. The zero-order valence-corrected chi connectivity index (χ0v) is 16.1. The minimum atomic E-state index is -0.502. The van der Waals surface area contributed by atoms with E-state index in [1.807, 2.05) is 34.6 Å². The molecular formula is C18H30N2O6. The lowest BCUT2D eigenvalue weighted by molar-refractivity contribution is 0.0265. The molecule has 1 fully saturated rings. The largest absolute Gasteiger partial charge is 0.442 e. The smallest absolute Gasteiger partial charge is 0.408 e. The maximum absolute atomic E-state index is 12.1. The van der Waals surface area contributed by atoms with Crippen molar-refractivity contribution in [3.63, 3.8) is 0 Å². The minimum absolute atomic E-state index is 0.0176. The number of nitrogens with one attached hydrogen (secondary N) is 2. The van der Waals surface area contributed by atoms with E-state index in [-0.39, 0.29) is 25.0 Å². The van der Waals surface area contributed by atoms with Crippen LogP contribution in [0.25, 0.3) is 0 Å². The second-order valence-electron chi connectivity index (χ2n) is 7.95. The quantitative estimate of drug-likeness (QED) is 0.741. The van der Waals surface area contributed by atoms with Gasteiger partial charge in [-0.3, -0.25) is 0 Å². The van der Waals surface area contributed by atoms with Gasteiger partial charge in [0.05, 0.1) is 12.2 Å². The molecule has 148 valence electrons. The molecule has 2 amide bonds. The second-order valence-corrected chi connectivity index (χ2v) is 7.95. The molecule has 2 rings (SSSR count). The van der Waals surface area contributed by atoms with Crippen LogP contribution in [0.5, 0.6) is 0 Å². The van der Waals surface area contributed by atoms with Gasteiger partial charge in [-0.25, -0.2) is 9.59 Å². The lowest BCUT2D eigenvalue weighted by Crippen LogP contribution is -2.43. The number of hydrogen-bond acceptors (Lipinski definition) is 6. The summed E-state index contributed by atoms with van der Waals surface area (Å²) >= 11 is 0. The van der Waals surface area contributed by atoms with Gasteiger partial charge in [0.15, 0.2) is 0 Å². The minimum Gasteiger partial charge on any atom is -0.442 e. The van der Waals surface area contributed by atoms with Gasteiger partial charge in [0.25, 0.3) is 0 Å². The third-order valence-electron chi connectivity index (χ3n) is 3.85. The molecule has 0 aromatic carbocycles. The number of carbonyl (C=O) groups is 2. The molecule has 1 saturated heterocycles. The lowest BCUT2D eigenvalue weighted by Gasteiger charge is -2.28. The molecular weight excluding hydrogens is 340 g/mol. The number of rotatable bonds is 3. The van der Waals surface area contributed by atoms with Gasteiger partial charge in [-0.2, -0.15) is 0 Å². The van der Waals surface area contributed by atoms with E-state index < -0.39 is 29.9 Å². The summed E-state index contributed by atoms with van der Waals surface area (Å²) in [6.45, 7) is 9.53. The molecule has 4 unspecified atom stereocenters. The van der Waals surface area contributed by atoms with Gasteiger partial charge in [0, 0.05) is 24.4 Å². The molecule has 0 aromatic heterocycles. The van der Waals surface area contributed by atoms with Gasteiger partial charge < -0.3 is 29.6 Å². The van der Waals surface area contributed by atoms with Gasteiger partial charge >= 0.3 is 12.2 Å². The number of alkyl carbamates (subject to hydrolysis) is 2. The van der Waals surface area contributed by atoms with Crippen molar-refractivity contribution in [2.24, 2.45) is 0 Å². The van der Waals surface area contributed by atoms with Crippen molar-refractivity contribution in [1.29, 1.82) is 0 Å². The number of carbonyl (C=O) groups excluding carboxylic acids is 2. The summed E-state index contributed by atoms with van der Waals surface area (Å²) in [5.74, 6) is 0. The Morgan fingerprint density at radius 1 is 1.00 bits per heavy atom. The fourth-order valence-electron chi connectivity index (χ4n) is 2.79. The number of fused-ring (bicyclic) bond motifs is 1. The van der Waals surface area contributed by atoms with Gasteiger partial charge in [-0.15, -0.1) is 0 Å². The van der Waals surface area contributed by atoms with Crippen LogP contribution in [0.3, 0.4) is 0 Å². The molecule has 1 aliphatic heterocycles. The lowest BCUT2D eigenvalue weighted by atomic mass is 9.97. The molecule has 0 spiro atoms. The summed E-state index contributed by atoms with van der Waals surface area (Å²) in [6.07, 6.45) is 2.07. The Labute approximate surface area is 154 Å². The van der Waals surface area contributed by atoms with E-state index in [0.29, 0.717) is 12.8 Å². The van der Waals surface area contributed by atoms with Crippen molar-refractivity contribution in [3.8, 4) is 0 Å². The van der Waals surface area contributed by atoms with Crippen LogP contribution < -0.4 is 10.6 Å². The van der Waals surface area contributed by atoms with Gasteiger partial charge in [0.2, 0.25) is 0 Å². The van der Waals surface area contributed by atoms with Crippen molar-refractivity contribution < 1.29 is 28.5 Å². The van der Waals surface area contributed by atoms with E-state index in [0.717, 1.165) is 0 Å². The van der Waals surface area contributed by atoms with E-state index >= 15 is 0 Å². The van der Waals surface area contributed by atoms with Crippen LogP contribution in [-0.2, 0) is 18.9 Å². The summed E-state index contributed by atoms with van der Waals surface area (Å²) in [5.41, 5.74) is -0.390. The molecule has 8 nitrogen and oxygen atoms in total. The van der Waals surface area contributed by atoms with Crippen molar-refractivity contribution in [3.05, 3.63) is 12.2 Å². The maximum atomic E-state index is 12.1. The van der Waals surface area contributed by atoms with E-state index in [1.54, 1.807) is 12.2 Å². The Balaban J connectivity index is 2.03. The van der Waals surface area contributed by atoms with Crippen LogP contribution in [0.1, 0.15) is 47.5 Å². The van der Waals surface area contributed by atoms with Crippen molar-refractivity contribution in [2.75, 3.05) is 6.79 Å². The molecule has 1 aliphatic carbocycles. The summed E-state index contributed by atoms with van der Waals surface area (Å²) in [4.78, 5) is 24.0. The molecule has 2 N–H and O–H groups in total. The van der Waals surface area contributed by atoms with Crippen LogP contribution in [0.4, 0.5) is 9.59 Å². The summed E-state index contributed by atoms with van der Waals surface area (Å²) in [6, 6.07) is -0.0176.